The van der Waals surface area contributed by atoms with Gasteiger partial charge in [-0.05, 0) is 11.6 Å². The molecule has 0 fully saturated rings. The van der Waals surface area contributed by atoms with E-state index in [1.54, 1.807) is 0 Å². The second-order valence-electron chi connectivity index (χ2n) is 2.91. The number of phenolic OH excluding ortho intramolecular Hbond substituents is 1. The maximum atomic E-state index is 10.5. The highest BCUT2D eigenvalue weighted by Crippen LogP contribution is 2.25. The zero-order valence-electron chi connectivity index (χ0n) is 7.70. The van der Waals surface area contributed by atoms with Gasteiger partial charge in [0.1, 0.15) is 5.75 Å². The lowest BCUT2D eigenvalue weighted by molar-refractivity contribution is -0.136. The van der Waals surface area contributed by atoms with Gasteiger partial charge in [-0.1, -0.05) is 6.07 Å². The highest BCUT2D eigenvalue weighted by molar-refractivity contribution is 6.17. The van der Waals surface area contributed by atoms with Gasteiger partial charge in [0.15, 0.2) is 0 Å². The Morgan fingerprint density at radius 1 is 1.53 bits per heavy atom. The Morgan fingerprint density at radius 2 is 2.20 bits per heavy atom. The molecule has 1 aromatic rings. The van der Waals surface area contributed by atoms with Crippen molar-refractivity contribution in [3.8, 4) is 11.8 Å². The maximum Gasteiger partial charge on any atom is 0.308 e. The number of carbonyl (C=O) groups is 1. The number of rotatable bonds is 3. The molecule has 0 spiro atoms. The molecular weight excluding hydrogens is 218 g/mol. The van der Waals surface area contributed by atoms with Crippen LogP contribution in [0.15, 0.2) is 12.1 Å². The summed E-state index contributed by atoms with van der Waals surface area (Å²) < 4.78 is 0. The van der Waals surface area contributed by atoms with Crippen molar-refractivity contribution in [1.82, 2.24) is 0 Å². The Balaban J connectivity index is 3.33. The SMILES string of the molecule is N#Cc1c(CCl)ccc(O)c1CC(=O)O. The minimum atomic E-state index is -1.10. The molecule has 0 aromatic heterocycles. The molecule has 0 bridgehead atoms. The van der Waals surface area contributed by atoms with E-state index in [-0.39, 0.29) is 29.2 Å². The molecule has 0 radical (unpaired) electrons. The zero-order chi connectivity index (χ0) is 11.4. The van der Waals surface area contributed by atoms with Crippen LogP contribution in [0.25, 0.3) is 0 Å². The third kappa shape index (κ3) is 2.39. The van der Waals surface area contributed by atoms with Gasteiger partial charge in [0.05, 0.1) is 18.1 Å². The quantitative estimate of drug-likeness (QED) is 0.766. The van der Waals surface area contributed by atoms with Crippen LogP contribution in [0, 0.1) is 11.3 Å². The number of carboxylic acid groups (broad SMARTS) is 1. The summed E-state index contributed by atoms with van der Waals surface area (Å²) in [6.45, 7) is 0. The first kappa shape index (κ1) is 11.3. The van der Waals surface area contributed by atoms with Gasteiger partial charge in [-0.2, -0.15) is 5.26 Å². The van der Waals surface area contributed by atoms with Crippen molar-refractivity contribution in [3.63, 3.8) is 0 Å². The molecule has 0 saturated carbocycles. The third-order valence-electron chi connectivity index (χ3n) is 1.96. The Kier molecular flexibility index (Phi) is 3.53. The monoisotopic (exact) mass is 225 g/mol. The third-order valence-corrected chi connectivity index (χ3v) is 2.25. The molecule has 15 heavy (non-hydrogen) atoms. The Morgan fingerprint density at radius 3 is 2.67 bits per heavy atom. The fourth-order valence-corrected chi connectivity index (χ4v) is 1.49. The number of carboxylic acids is 1. The van der Waals surface area contributed by atoms with Gasteiger partial charge in [0.25, 0.3) is 0 Å². The molecule has 1 aromatic carbocycles. The summed E-state index contributed by atoms with van der Waals surface area (Å²) in [5, 5.41) is 26.9. The minimum Gasteiger partial charge on any atom is -0.508 e. The van der Waals surface area contributed by atoms with E-state index < -0.39 is 5.97 Å². The Labute approximate surface area is 91.3 Å². The van der Waals surface area contributed by atoms with E-state index in [4.69, 9.17) is 22.0 Å². The van der Waals surface area contributed by atoms with E-state index >= 15 is 0 Å². The van der Waals surface area contributed by atoms with E-state index in [1.165, 1.54) is 12.1 Å². The summed E-state index contributed by atoms with van der Waals surface area (Å²) in [5.41, 5.74) is 0.781. The smallest absolute Gasteiger partial charge is 0.308 e. The molecule has 78 valence electrons. The first-order chi connectivity index (χ1) is 7.10. The molecule has 0 aliphatic heterocycles. The van der Waals surface area contributed by atoms with Crippen molar-refractivity contribution in [2.75, 3.05) is 0 Å². The molecule has 0 saturated heterocycles. The number of aromatic hydroxyl groups is 1. The number of aliphatic carboxylic acids is 1. The highest BCUT2D eigenvalue weighted by atomic mass is 35.5. The highest BCUT2D eigenvalue weighted by Gasteiger charge is 2.14. The second-order valence-corrected chi connectivity index (χ2v) is 3.18. The number of benzene rings is 1. The predicted octanol–water partition coefficient (Wildman–Crippen LogP) is 1.63. The molecule has 5 heteroatoms. The summed E-state index contributed by atoms with van der Waals surface area (Å²) in [4.78, 5) is 10.5. The van der Waals surface area contributed by atoms with Gasteiger partial charge in [0.2, 0.25) is 0 Å². The number of halogens is 1. The predicted molar refractivity (Wildman–Crippen MR) is 53.7 cm³/mol. The average molecular weight is 226 g/mol. The van der Waals surface area contributed by atoms with Crippen LogP contribution in [0.1, 0.15) is 16.7 Å². The summed E-state index contributed by atoms with van der Waals surface area (Å²) >= 11 is 5.59. The molecule has 0 unspecified atom stereocenters. The van der Waals surface area contributed by atoms with E-state index in [0.29, 0.717) is 5.56 Å². The number of alkyl halides is 1. The number of nitrogens with zero attached hydrogens (tertiary/aromatic N) is 1. The van der Waals surface area contributed by atoms with Crippen LogP contribution in [0.2, 0.25) is 0 Å². The van der Waals surface area contributed by atoms with Crippen molar-refractivity contribution < 1.29 is 15.0 Å². The first-order valence-electron chi connectivity index (χ1n) is 4.11. The number of hydrogen-bond acceptors (Lipinski definition) is 3. The van der Waals surface area contributed by atoms with Crippen molar-refractivity contribution in [1.29, 1.82) is 5.26 Å². The average Bonchev–Trinajstić information content (AvgIpc) is 2.20. The van der Waals surface area contributed by atoms with Gasteiger partial charge < -0.3 is 10.2 Å². The molecule has 1 rings (SSSR count). The second kappa shape index (κ2) is 4.67. The van der Waals surface area contributed by atoms with Gasteiger partial charge in [-0.3, -0.25) is 4.79 Å². The van der Waals surface area contributed by atoms with Crippen molar-refractivity contribution in [3.05, 3.63) is 28.8 Å². The van der Waals surface area contributed by atoms with E-state index in [9.17, 15) is 9.90 Å². The van der Waals surface area contributed by atoms with Crippen molar-refractivity contribution in [2.24, 2.45) is 0 Å². The largest absolute Gasteiger partial charge is 0.508 e. The minimum absolute atomic E-state index is 0.107. The summed E-state index contributed by atoms with van der Waals surface area (Å²) in [7, 11) is 0. The summed E-state index contributed by atoms with van der Waals surface area (Å²) in [5.74, 6) is -1.19. The maximum absolute atomic E-state index is 10.5. The van der Waals surface area contributed by atoms with Crippen LogP contribution in [0.3, 0.4) is 0 Å². The van der Waals surface area contributed by atoms with E-state index in [2.05, 4.69) is 0 Å². The summed E-state index contributed by atoms with van der Waals surface area (Å²) in [6.07, 6.45) is -0.389. The van der Waals surface area contributed by atoms with Crippen LogP contribution in [-0.4, -0.2) is 16.2 Å². The molecule has 0 atom stereocenters. The van der Waals surface area contributed by atoms with Gasteiger partial charge in [-0.25, -0.2) is 0 Å². The molecule has 0 aliphatic carbocycles. The van der Waals surface area contributed by atoms with E-state index in [0.717, 1.165) is 0 Å². The van der Waals surface area contributed by atoms with Crippen LogP contribution < -0.4 is 0 Å². The van der Waals surface area contributed by atoms with Crippen molar-refractivity contribution in [2.45, 2.75) is 12.3 Å². The molecule has 4 nitrogen and oxygen atoms in total. The van der Waals surface area contributed by atoms with Crippen molar-refractivity contribution >= 4 is 17.6 Å². The zero-order valence-corrected chi connectivity index (χ0v) is 8.45. The molecule has 0 amide bonds. The Hall–Kier alpha value is -1.73. The van der Waals surface area contributed by atoms with Gasteiger partial charge in [-0.15, -0.1) is 11.6 Å². The van der Waals surface area contributed by atoms with Gasteiger partial charge in [0, 0.05) is 11.4 Å². The molecule has 0 heterocycles. The molecule has 2 N–H and O–H groups in total. The van der Waals surface area contributed by atoms with Crippen LogP contribution in [0.4, 0.5) is 0 Å². The van der Waals surface area contributed by atoms with Crippen LogP contribution in [-0.2, 0) is 17.1 Å². The van der Waals surface area contributed by atoms with Crippen LogP contribution >= 0.6 is 11.6 Å². The standard InChI is InChI=1S/C10H8ClNO3/c11-4-6-1-2-9(13)7(3-10(14)15)8(6)5-12/h1-2,13H,3-4H2,(H,14,15). The fourth-order valence-electron chi connectivity index (χ4n) is 1.27. The molecule has 0 aliphatic rings. The topological polar surface area (TPSA) is 81.3 Å². The lowest BCUT2D eigenvalue weighted by Gasteiger charge is -2.07. The summed E-state index contributed by atoms with van der Waals surface area (Å²) in [6, 6.07) is 4.70. The number of phenols is 1. The fraction of sp³-hybridized carbons (Fsp3) is 0.200. The number of nitriles is 1. The lowest BCUT2D eigenvalue weighted by Crippen LogP contribution is -2.04. The van der Waals surface area contributed by atoms with Crippen LogP contribution in [0.5, 0.6) is 5.75 Å². The van der Waals surface area contributed by atoms with E-state index in [1.807, 2.05) is 6.07 Å². The lowest BCUT2D eigenvalue weighted by atomic mass is 9.99. The van der Waals surface area contributed by atoms with Gasteiger partial charge >= 0.3 is 5.97 Å². The molecular formula is C10H8ClNO3. The number of hydrogen-bond donors (Lipinski definition) is 2. The Bertz CT molecular complexity index is 437. The normalized spacial score (nSPS) is 9.60. The first-order valence-corrected chi connectivity index (χ1v) is 4.65.